The van der Waals surface area contributed by atoms with Crippen LogP contribution in [0.2, 0.25) is 0 Å². The topological polar surface area (TPSA) is 49.4 Å². The Bertz CT molecular complexity index is 916. The number of nitrogens with zero attached hydrogens (tertiary/aromatic N) is 1. The molecule has 27 heavy (non-hydrogen) atoms. The average molecular weight is 385 g/mol. The summed E-state index contributed by atoms with van der Waals surface area (Å²) in [6.07, 6.45) is 4.11. The molecule has 0 bridgehead atoms. The Morgan fingerprint density at radius 2 is 1.74 bits per heavy atom. The van der Waals surface area contributed by atoms with Gasteiger partial charge in [0.2, 0.25) is 10.0 Å². The molecule has 1 atom stereocenters. The first-order valence-corrected chi connectivity index (χ1v) is 10.9. The van der Waals surface area contributed by atoms with E-state index in [4.69, 9.17) is 0 Å². The third kappa shape index (κ3) is 4.67. The fourth-order valence-corrected chi connectivity index (χ4v) is 4.69. The summed E-state index contributed by atoms with van der Waals surface area (Å²) in [5.74, 6) is 0. The summed E-state index contributed by atoms with van der Waals surface area (Å²) in [6.45, 7) is 2.47. The molecule has 0 aliphatic heterocycles. The monoisotopic (exact) mass is 384 g/mol. The lowest BCUT2D eigenvalue weighted by Gasteiger charge is -2.26. The number of allylic oxidation sites excluding steroid dienone is 1. The van der Waals surface area contributed by atoms with Crippen LogP contribution in [0.3, 0.4) is 0 Å². The smallest absolute Gasteiger partial charge is 0.236 e. The predicted molar refractivity (Wildman–Crippen MR) is 112 cm³/mol. The molecule has 4 nitrogen and oxygen atoms in total. The van der Waals surface area contributed by atoms with Crippen molar-refractivity contribution in [2.45, 2.75) is 32.2 Å². The van der Waals surface area contributed by atoms with E-state index in [-0.39, 0.29) is 6.04 Å². The molecule has 0 spiro atoms. The summed E-state index contributed by atoms with van der Waals surface area (Å²) in [6, 6.07) is 16.4. The number of benzene rings is 2. The lowest BCUT2D eigenvalue weighted by molar-refractivity contribution is 0.299. The van der Waals surface area contributed by atoms with Gasteiger partial charge >= 0.3 is 0 Å². The number of rotatable bonds is 7. The van der Waals surface area contributed by atoms with Crippen LogP contribution >= 0.6 is 0 Å². The van der Waals surface area contributed by atoms with E-state index in [0.717, 1.165) is 24.0 Å². The van der Waals surface area contributed by atoms with E-state index in [1.54, 1.807) is 0 Å². The van der Waals surface area contributed by atoms with E-state index in [2.05, 4.69) is 42.0 Å². The van der Waals surface area contributed by atoms with Crippen molar-refractivity contribution in [2.75, 3.05) is 20.6 Å². The summed E-state index contributed by atoms with van der Waals surface area (Å²) >= 11 is 0. The Hall–Kier alpha value is -1.95. The van der Waals surface area contributed by atoms with Crippen LogP contribution in [0, 0.1) is 0 Å². The maximum atomic E-state index is 12.9. The largest absolute Gasteiger partial charge is 0.301 e. The zero-order valence-electron chi connectivity index (χ0n) is 16.3. The van der Waals surface area contributed by atoms with Crippen LogP contribution in [-0.2, 0) is 22.9 Å². The van der Waals surface area contributed by atoms with E-state index in [0.29, 0.717) is 17.9 Å². The van der Waals surface area contributed by atoms with Crippen molar-refractivity contribution >= 4 is 16.1 Å². The van der Waals surface area contributed by atoms with Crippen LogP contribution in [0.15, 0.2) is 53.4 Å². The molecule has 0 amide bonds. The second kappa shape index (κ2) is 8.38. The summed E-state index contributed by atoms with van der Waals surface area (Å²) in [7, 11) is 0.459. The molecular formula is C22H28N2O2S. The van der Waals surface area contributed by atoms with Crippen molar-refractivity contribution < 1.29 is 8.42 Å². The van der Waals surface area contributed by atoms with E-state index in [1.807, 2.05) is 43.3 Å². The zero-order chi connectivity index (χ0) is 19.4. The standard InChI is InChI=1S/C22H28N2O2S/c1-4-17-9-11-19(12-10-17)22(24(2)3)16-23-27(25,26)21-14-13-18-7-5-6-8-20(18)15-21/h5-12,15,22-23H,4,13-14,16H2,1-3H3. The third-order valence-electron chi connectivity index (χ3n) is 5.22. The molecule has 0 saturated carbocycles. The number of nitrogens with one attached hydrogen (secondary N) is 1. The molecule has 3 rings (SSSR count). The molecule has 1 aliphatic carbocycles. The van der Waals surface area contributed by atoms with Crippen LogP contribution in [0.1, 0.15) is 41.6 Å². The first-order valence-electron chi connectivity index (χ1n) is 9.44. The highest BCUT2D eigenvalue weighted by atomic mass is 32.2. The third-order valence-corrected chi connectivity index (χ3v) is 6.78. The number of fused-ring (bicyclic) bond motifs is 1. The van der Waals surface area contributed by atoms with Crippen LogP contribution in [0.4, 0.5) is 0 Å². The van der Waals surface area contributed by atoms with Gasteiger partial charge in [0.25, 0.3) is 0 Å². The van der Waals surface area contributed by atoms with Gasteiger partial charge in [-0.25, -0.2) is 13.1 Å². The summed E-state index contributed by atoms with van der Waals surface area (Å²) in [4.78, 5) is 2.52. The Morgan fingerprint density at radius 3 is 2.41 bits per heavy atom. The van der Waals surface area contributed by atoms with E-state index < -0.39 is 10.0 Å². The van der Waals surface area contributed by atoms with Gasteiger partial charge in [0.1, 0.15) is 0 Å². The van der Waals surface area contributed by atoms with Gasteiger partial charge < -0.3 is 4.90 Å². The van der Waals surface area contributed by atoms with Crippen molar-refractivity contribution in [3.63, 3.8) is 0 Å². The zero-order valence-corrected chi connectivity index (χ0v) is 17.1. The van der Waals surface area contributed by atoms with Gasteiger partial charge in [-0.15, -0.1) is 0 Å². The number of sulfonamides is 1. The molecule has 0 saturated heterocycles. The highest BCUT2D eigenvalue weighted by Gasteiger charge is 2.24. The van der Waals surface area contributed by atoms with Gasteiger partial charge in [-0.3, -0.25) is 0 Å². The molecule has 0 radical (unpaired) electrons. The highest BCUT2D eigenvalue weighted by Crippen LogP contribution is 2.27. The van der Waals surface area contributed by atoms with Gasteiger partial charge in [0.15, 0.2) is 0 Å². The number of likely N-dealkylation sites (N-methyl/N-ethyl adjacent to an activating group) is 1. The van der Waals surface area contributed by atoms with Crippen LogP contribution in [-0.4, -0.2) is 34.0 Å². The molecule has 0 heterocycles. The minimum atomic E-state index is -3.49. The van der Waals surface area contributed by atoms with Crippen LogP contribution in [0.25, 0.3) is 6.08 Å². The number of hydrogen-bond donors (Lipinski definition) is 1. The number of aryl methyl sites for hydroxylation is 2. The molecule has 5 heteroatoms. The van der Waals surface area contributed by atoms with E-state index in [1.165, 1.54) is 11.1 Å². The normalized spacial score (nSPS) is 15.3. The summed E-state index contributed by atoms with van der Waals surface area (Å²) in [5, 5.41) is 0. The summed E-state index contributed by atoms with van der Waals surface area (Å²) in [5.41, 5.74) is 4.60. The van der Waals surface area contributed by atoms with Gasteiger partial charge in [0, 0.05) is 12.6 Å². The van der Waals surface area contributed by atoms with Crippen LogP contribution in [0.5, 0.6) is 0 Å². The van der Waals surface area contributed by atoms with Crippen molar-refractivity contribution in [3.05, 3.63) is 75.7 Å². The Balaban J connectivity index is 1.75. The maximum absolute atomic E-state index is 12.9. The molecule has 0 aromatic heterocycles. The predicted octanol–water partition coefficient (Wildman–Crippen LogP) is 3.76. The lowest BCUT2D eigenvalue weighted by atomic mass is 9.98. The molecule has 2 aromatic carbocycles. The SMILES string of the molecule is CCc1ccc(C(CNS(=O)(=O)C2=Cc3ccccc3CC2)N(C)C)cc1. The maximum Gasteiger partial charge on any atom is 0.236 e. The van der Waals surface area contributed by atoms with Crippen molar-refractivity contribution in [2.24, 2.45) is 0 Å². The minimum Gasteiger partial charge on any atom is -0.301 e. The second-order valence-corrected chi connectivity index (χ2v) is 9.06. The number of hydrogen-bond acceptors (Lipinski definition) is 3. The fourth-order valence-electron chi connectivity index (χ4n) is 3.47. The molecule has 1 aliphatic rings. The lowest BCUT2D eigenvalue weighted by Crippen LogP contribution is -2.35. The molecule has 0 fully saturated rings. The molecule has 144 valence electrons. The van der Waals surface area contributed by atoms with Gasteiger partial charge in [-0.2, -0.15) is 0 Å². The van der Waals surface area contributed by atoms with Crippen molar-refractivity contribution in [1.29, 1.82) is 0 Å². The van der Waals surface area contributed by atoms with Crippen molar-refractivity contribution in [1.82, 2.24) is 9.62 Å². The second-order valence-electron chi connectivity index (χ2n) is 7.24. The first kappa shape index (κ1) is 19.8. The van der Waals surface area contributed by atoms with Crippen molar-refractivity contribution in [3.8, 4) is 0 Å². The van der Waals surface area contributed by atoms with E-state index >= 15 is 0 Å². The van der Waals surface area contributed by atoms with Gasteiger partial charge in [-0.1, -0.05) is 55.5 Å². The molecule has 1 unspecified atom stereocenters. The first-order chi connectivity index (χ1) is 12.9. The quantitative estimate of drug-likeness (QED) is 0.791. The Labute approximate surface area is 163 Å². The Morgan fingerprint density at radius 1 is 1.04 bits per heavy atom. The van der Waals surface area contributed by atoms with Gasteiger partial charge in [-0.05, 0) is 61.7 Å². The fraction of sp³-hybridized carbons (Fsp3) is 0.364. The minimum absolute atomic E-state index is 0.0119. The molecule has 1 N–H and O–H groups in total. The Kier molecular flexibility index (Phi) is 6.15. The highest BCUT2D eigenvalue weighted by molar-refractivity contribution is 7.93. The average Bonchev–Trinajstić information content (AvgIpc) is 2.68. The van der Waals surface area contributed by atoms with Gasteiger partial charge in [0.05, 0.1) is 4.91 Å². The molecule has 2 aromatic rings. The summed E-state index contributed by atoms with van der Waals surface area (Å²) < 4.78 is 28.5. The van der Waals surface area contributed by atoms with E-state index in [9.17, 15) is 8.42 Å². The van der Waals surface area contributed by atoms with Crippen LogP contribution < -0.4 is 4.72 Å². The molecular weight excluding hydrogens is 356 g/mol.